The van der Waals surface area contributed by atoms with Gasteiger partial charge in [-0.3, -0.25) is 15.5 Å². The van der Waals surface area contributed by atoms with Crippen LogP contribution in [0.5, 0.6) is 0 Å². The molecule has 30 heavy (non-hydrogen) atoms. The molecule has 3 heterocycles. The summed E-state index contributed by atoms with van der Waals surface area (Å²) in [5.74, 6) is 1.23. The maximum atomic E-state index is 12.3. The van der Waals surface area contributed by atoms with Gasteiger partial charge in [0.2, 0.25) is 5.95 Å². The van der Waals surface area contributed by atoms with Gasteiger partial charge in [-0.2, -0.15) is 15.2 Å². The maximum absolute atomic E-state index is 12.3. The molecular formula is C19H22N10O. The average Bonchev–Trinajstić information content (AvgIpc) is 3.29. The molecule has 0 aliphatic heterocycles. The van der Waals surface area contributed by atoms with Crippen LogP contribution in [-0.4, -0.2) is 36.4 Å². The molecule has 0 saturated carbocycles. The number of nitrogens with two attached hydrogens (primary N) is 1. The van der Waals surface area contributed by atoms with Crippen LogP contribution in [0.25, 0.3) is 11.0 Å². The number of rotatable bonds is 4. The number of hydrogen-bond acceptors (Lipinski definition) is 7. The van der Waals surface area contributed by atoms with Crippen LogP contribution in [0.2, 0.25) is 0 Å². The molecule has 11 nitrogen and oxygen atoms in total. The number of urea groups is 1. The van der Waals surface area contributed by atoms with Gasteiger partial charge in [0.15, 0.2) is 11.5 Å². The first-order valence-corrected chi connectivity index (χ1v) is 9.25. The van der Waals surface area contributed by atoms with Gasteiger partial charge < -0.3 is 16.4 Å². The van der Waals surface area contributed by atoms with Crippen molar-refractivity contribution >= 4 is 46.0 Å². The zero-order valence-electron chi connectivity index (χ0n) is 16.7. The highest BCUT2D eigenvalue weighted by Crippen LogP contribution is 2.23. The van der Waals surface area contributed by atoms with E-state index < -0.39 is 6.03 Å². The van der Waals surface area contributed by atoms with E-state index >= 15 is 0 Å². The fourth-order valence-corrected chi connectivity index (χ4v) is 2.73. The molecule has 4 rings (SSSR count). The average molecular weight is 406 g/mol. The van der Waals surface area contributed by atoms with Crippen molar-refractivity contribution in [3.05, 3.63) is 42.2 Å². The maximum Gasteiger partial charge on any atom is 0.324 e. The summed E-state index contributed by atoms with van der Waals surface area (Å²) in [7, 11) is 0. The number of anilines is 5. The number of nitrogen functional groups attached to an aromatic ring is 1. The van der Waals surface area contributed by atoms with E-state index in [2.05, 4.69) is 67.1 Å². The van der Waals surface area contributed by atoms with Crippen LogP contribution in [0, 0.1) is 0 Å². The fraction of sp³-hybridized carbons (Fsp3) is 0.211. The minimum Gasteiger partial charge on any atom is -0.383 e. The van der Waals surface area contributed by atoms with Gasteiger partial charge in [-0.05, 0) is 18.2 Å². The highest BCUT2D eigenvalue weighted by molar-refractivity contribution is 5.99. The molecule has 0 radical (unpaired) electrons. The van der Waals surface area contributed by atoms with Gasteiger partial charge in [-0.1, -0.05) is 26.8 Å². The Hall–Kier alpha value is -4.15. The number of aromatic nitrogens is 6. The van der Waals surface area contributed by atoms with Crippen molar-refractivity contribution in [2.24, 2.45) is 0 Å². The monoisotopic (exact) mass is 406 g/mol. The predicted molar refractivity (Wildman–Crippen MR) is 116 cm³/mol. The van der Waals surface area contributed by atoms with Gasteiger partial charge in [-0.25, -0.2) is 9.78 Å². The summed E-state index contributed by atoms with van der Waals surface area (Å²) in [6.07, 6.45) is 1.59. The molecule has 0 bridgehead atoms. The first kappa shape index (κ1) is 19.2. The van der Waals surface area contributed by atoms with Gasteiger partial charge in [-0.15, -0.1) is 0 Å². The van der Waals surface area contributed by atoms with Crippen molar-refractivity contribution in [1.82, 2.24) is 30.4 Å². The number of benzene rings is 1. The Balaban J connectivity index is 1.42. The quantitative estimate of drug-likeness (QED) is 0.303. The summed E-state index contributed by atoms with van der Waals surface area (Å²) < 4.78 is 0. The summed E-state index contributed by atoms with van der Waals surface area (Å²) in [5, 5.41) is 23.0. The minimum absolute atomic E-state index is 0.0872. The second-order valence-electron chi connectivity index (χ2n) is 7.77. The number of carbonyl (C=O) groups excluding carboxylic acids is 1. The van der Waals surface area contributed by atoms with Crippen molar-refractivity contribution in [2.75, 3.05) is 21.7 Å². The molecule has 1 aromatic carbocycles. The molecule has 4 aromatic rings. The third-order valence-corrected chi connectivity index (χ3v) is 4.35. The van der Waals surface area contributed by atoms with Gasteiger partial charge in [0, 0.05) is 34.7 Å². The second kappa shape index (κ2) is 7.35. The van der Waals surface area contributed by atoms with E-state index in [9.17, 15) is 4.79 Å². The lowest BCUT2D eigenvalue weighted by Crippen LogP contribution is -2.19. The number of nitrogens with one attached hydrogen (secondary N) is 5. The van der Waals surface area contributed by atoms with E-state index in [0.29, 0.717) is 40.0 Å². The van der Waals surface area contributed by atoms with Gasteiger partial charge in [0.25, 0.3) is 0 Å². The molecule has 0 saturated heterocycles. The first-order valence-electron chi connectivity index (χ1n) is 9.25. The largest absolute Gasteiger partial charge is 0.383 e. The van der Waals surface area contributed by atoms with Crippen molar-refractivity contribution < 1.29 is 4.79 Å². The predicted octanol–water partition coefficient (Wildman–Crippen LogP) is 3.34. The number of H-pyrrole nitrogens is 2. The summed E-state index contributed by atoms with van der Waals surface area (Å²) in [5.41, 5.74) is 8.35. The normalized spacial score (nSPS) is 11.4. The lowest BCUT2D eigenvalue weighted by Gasteiger charge is -2.14. The van der Waals surface area contributed by atoms with Gasteiger partial charge >= 0.3 is 6.03 Å². The smallest absolute Gasteiger partial charge is 0.324 e. The van der Waals surface area contributed by atoms with Crippen LogP contribution in [-0.2, 0) is 5.41 Å². The number of hydrogen-bond donors (Lipinski definition) is 6. The summed E-state index contributed by atoms with van der Waals surface area (Å²) in [6.45, 7) is 6.18. The molecule has 0 unspecified atom stereocenters. The van der Waals surface area contributed by atoms with Crippen LogP contribution in [0.4, 0.5) is 33.8 Å². The van der Waals surface area contributed by atoms with Crippen LogP contribution in [0.3, 0.4) is 0 Å². The SMILES string of the molecule is CC(C)(C)c1cc(NC(=O)Nc2cccc(Nc3ncc4c(N)[nH]nc4n3)c2)n[nH]1. The van der Waals surface area contributed by atoms with Crippen LogP contribution >= 0.6 is 0 Å². The Morgan fingerprint density at radius 3 is 2.63 bits per heavy atom. The van der Waals surface area contributed by atoms with Crippen LogP contribution < -0.4 is 21.7 Å². The Bertz CT molecular complexity index is 1200. The third kappa shape index (κ3) is 4.14. The Morgan fingerprint density at radius 1 is 1.07 bits per heavy atom. The fourth-order valence-electron chi connectivity index (χ4n) is 2.73. The van der Waals surface area contributed by atoms with Crippen molar-refractivity contribution in [2.45, 2.75) is 26.2 Å². The highest BCUT2D eigenvalue weighted by Gasteiger charge is 2.17. The molecule has 7 N–H and O–H groups in total. The molecule has 0 fully saturated rings. The summed E-state index contributed by atoms with van der Waals surface area (Å²) in [4.78, 5) is 20.8. The number of aromatic amines is 2. The first-order chi connectivity index (χ1) is 14.3. The Kier molecular flexibility index (Phi) is 4.70. The van der Waals surface area contributed by atoms with E-state index in [-0.39, 0.29) is 5.41 Å². The molecule has 0 aliphatic rings. The molecule has 11 heteroatoms. The second-order valence-corrected chi connectivity index (χ2v) is 7.77. The van der Waals surface area contributed by atoms with Crippen molar-refractivity contribution in [3.8, 4) is 0 Å². The highest BCUT2D eigenvalue weighted by atomic mass is 16.2. The standard InChI is InChI=1S/C19H22N10O/c1-19(2,3)13-8-14(27-26-13)24-18(30)23-11-6-4-5-10(7-11)22-17-21-9-12-15(20)28-29-16(12)25-17/h4-9H,1-3H3,(H3,23,24,26,27,30)(H4,20,21,22,25,28,29). The lowest BCUT2D eigenvalue weighted by molar-refractivity contribution is 0.262. The van der Waals surface area contributed by atoms with E-state index in [1.165, 1.54) is 0 Å². The number of nitrogens with zero attached hydrogens (tertiary/aromatic N) is 4. The third-order valence-electron chi connectivity index (χ3n) is 4.35. The number of fused-ring (bicyclic) bond motifs is 1. The topological polar surface area (TPSA) is 162 Å². The minimum atomic E-state index is -0.399. The molecule has 0 atom stereocenters. The van der Waals surface area contributed by atoms with Gasteiger partial charge in [0.05, 0.1) is 5.39 Å². The van der Waals surface area contributed by atoms with E-state index in [0.717, 1.165) is 5.69 Å². The van der Waals surface area contributed by atoms with Crippen molar-refractivity contribution in [1.29, 1.82) is 0 Å². The Morgan fingerprint density at radius 2 is 1.87 bits per heavy atom. The van der Waals surface area contributed by atoms with Crippen LogP contribution in [0.1, 0.15) is 26.5 Å². The zero-order valence-corrected chi connectivity index (χ0v) is 16.7. The van der Waals surface area contributed by atoms with Gasteiger partial charge in [0.1, 0.15) is 5.82 Å². The van der Waals surface area contributed by atoms with E-state index in [4.69, 9.17) is 5.73 Å². The number of carbonyl (C=O) groups is 1. The Labute approximate surface area is 171 Å². The molecule has 3 aromatic heterocycles. The van der Waals surface area contributed by atoms with Crippen molar-refractivity contribution in [3.63, 3.8) is 0 Å². The summed E-state index contributed by atoms with van der Waals surface area (Å²) >= 11 is 0. The molecule has 0 spiro atoms. The van der Waals surface area contributed by atoms with E-state index in [1.807, 2.05) is 12.1 Å². The van der Waals surface area contributed by atoms with E-state index in [1.54, 1.807) is 24.4 Å². The molecule has 2 amide bonds. The lowest BCUT2D eigenvalue weighted by atomic mass is 9.92. The van der Waals surface area contributed by atoms with Crippen LogP contribution in [0.15, 0.2) is 36.5 Å². The molecular weight excluding hydrogens is 384 g/mol. The number of amides is 2. The zero-order chi connectivity index (χ0) is 21.3. The summed E-state index contributed by atoms with van der Waals surface area (Å²) in [6, 6.07) is 8.58. The molecule has 154 valence electrons. The molecule has 0 aliphatic carbocycles.